The van der Waals surface area contributed by atoms with E-state index in [0.29, 0.717) is 10.3 Å². The summed E-state index contributed by atoms with van der Waals surface area (Å²) in [5.74, 6) is 0. The lowest BCUT2D eigenvalue weighted by atomic mass is 9.88. The highest BCUT2D eigenvalue weighted by molar-refractivity contribution is 6.34. The number of hydrogen-bond donors (Lipinski definition) is 0. The molecule has 0 amide bonds. The van der Waals surface area contributed by atoms with E-state index in [-0.39, 0.29) is 5.54 Å². The number of halogens is 2. The first-order valence-electron chi connectivity index (χ1n) is 8.87. The van der Waals surface area contributed by atoms with Crippen LogP contribution in [0.25, 0.3) is 0 Å². The first kappa shape index (κ1) is 19.8. The van der Waals surface area contributed by atoms with Crippen molar-refractivity contribution in [2.45, 2.75) is 97.4 Å². The normalized spacial score (nSPS) is 14.3. The zero-order chi connectivity index (χ0) is 16.6. The van der Waals surface area contributed by atoms with Gasteiger partial charge in [0.05, 0.1) is 5.54 Å². The molecule has 1 heterocycles. The number of rotatable bonds is 11. The van der Waals surface area contributed by atoms with Gasteiger partial charge in [0.25, 0.3) is 0 Å². The molecule has 22 heavy (non-hydrogen) atoms. The molecule has 0 aromatic carbocycles. The van der Waals surface area contributed by atoms with Crippen molar-refractivity contribution in [3.05, 3.63) is 15.9 Å². The molecule has 1 aromatic heterocycles. The number of nitrogens with zero attached hydrogens (tertiary/aromatic N) is 2. The highest BCUT2D eigenvalue weighted by Crippen LogP contribution is 2.35. The molecule has 0 fully saturated rings. The van der Waals surface area contributed by atoms with Crippen LogP contribution in [0.15, 0.2) is 0 Å². The molecule has 0 saturated heterocycles. The van der Waals surface area contributed by atoms with Gasteiger partial charge < -0.3 is 0 Å². The molecule has 1 atom stereocenters. The largest absolute Gasteiger partial charge is 0.246 e. The van der Waals surface area contributed by atoms with E-state index in [4.69, 9.17) is 23.2 Å². The Hall–Kier alpha value is -0.210. The molecule has 0 radical (unpaired) electrons. The van der Waals surface area contributed by atoms with Gasteiger partial charge in [-0.05, 0) is 26.7 Å². The number of aromatic nitrogens is 2. The molecule has 0 aliphatic carbocycles. The van der Waals surface area contributed by atoms with Crippen LogP contribution in [0, 0.1) is 6.92 Å². The van der Waals surface area contributed by atoms with Crippen molar-refractivity contribution in [3.63, 3.8) is 0 Å². The Kier molecular flexibility index (Phi) is 8.86. The van der Waals surface area contributed by atoms with Gasteiger partial charge in [-0.1, -0.05) is 88.4 Å². The van der Waals surface area contributed by atoms with Crippen LogP contribution in [-0.4, -0.2) is 9.78 Å². The smallest absolute Gasteiger partial charge is 0.155 e. The molecule has 0 aliphatic heterocycles. The Morgan fingerprint density at radius 2 is 1.41 bits per heavy atom. The molecule has 2 nitrogen and oxygen atoms in total. The third-order valence-electron chi connectivity index (χ3n) is 4.64. The third kappa shape index (κ3) is 5.45. The lowest BCUT2D eigenvalue weighted by Gasteiger charge is -2.31. The summed E-state index contributed by atoms with van der Waals surface area (Å²) in [6.07, 6.45) is 12.4. The summed E-state index contributed by atoms with van der Waals surface area (Å²) in [6.45, 7) is 8.73. The quantitative estimate of drug-likeness (QED) is 0.388. The molecule has 1 aromatic rings. The van der Waals surface area contributed by atoms with Gasteiger partial charge in [0.1, 0.15) is 5.15 Å². The lowest BCUT2D eigenvalue weighted by molar-refractivity contribution is 0.228. The zero-order valence-corrected chi connectivity index (χ0v) is 16.2. The molecule has 0 aliphatic rings. The van der Waals surface area contributed by atoms with Crippen LogP contribution in [0.2, 0.25) is 10.3 Å². The monoisotopic (exact) mass is 346 g/mol. The first-order chi connectivity index (χ1) is 10.5. The van der Waals surface area contributed by atoms with Gasteiger partial charge in [-0.15, -0.1) is 0 Å². The van der Waals surface area contributed by atoms with Crippen LogP contribution in [-0.2, 0) is 5.54 Å². The highest BCUT2D eigenvalue weighted by Gasteiger charge is 2.30. The SMILES string of the molecule is CCCCCCCC(C)(CCCCC)n1nc(Cl)c(C)c1Cl. The second kappa shape index (κ2) is 9.82. The van der Waals surface area contributed by atoms with Crippen LogP contribution >= 0.6 is 23.2 Å². The minimum Gasteiger partial charge on any atom is -0.246 e. The first-order valence-corrected chi connectivity index (χ1v) is 9.63. The maximum absolute atomic E-state index is 6.49. The molecule has 0 spiro atoms. The fourth-order valence-corrected chi connectivity index (χ4v) is 3.56. The Balaban J connectivity index is 2.78. The maximum atomic E-state index is 6.49. The minimum absolute atomic E-state index is 0.0175. The van der Waals surface area contributed by atoms with Gasteiger partial charge in [0.2, 0.25) is 0 Å². The molecular weight excluding hydrogens is 315 g/mol. The van der Waals surface area contributed by atoms with E-state index in [9.17, 15) is 0 Å². The van der Waals surface area contributed by atoms with Crippen LogP contribution in [0.3, 0.4) is 0 Å². The Morgan fingerprint density at radius 1 is 0.909 bits per heavy atom. The zero-order valence-electron chi connectivity index (χ0n) is 14.7. The molecule has 0 N–H and O–H groups in total. The highest BCUT2D eigenvalue weighted by atomic mass is 35.5. The summed E-state index contributed by atoms with van der Waals surface area (Å²) in [4.78, 5) is 0. The summed E-state index contributed by atoms with van der Waals surface area (Å²) in [5, 5.41) is 5.77. The van der Waals surface area contributed by atoms with Crippen LogP contribution in [0.4, 0.5) is 0 Å². The number of unbranched alkanes of at least 4 members (excludes halogenated alkanes) is 6. The Bertz CT molecular complexity index is 443. The van der Waals surface area contributed by atoms with Gasteiger partial charge >= 0.3 is 0 Å². The van der Waals surface area contributed by atoms with Gasteiger partial charge in [0.15, 0.2) is 5.15 Å². The number of hydrogen-bond acceptors (Lipinski definition) is 1. The summed E-state index contributed by atoms with van der Waals surface area (Å²) in [5.41, 5.74) is 0.882. The third-order valence-corrected chi connectivity index (χ3v) is 5.44. The van der Waals surface area contributed by atoms with Crippen molar-refractivity contribution in [3.8, 4) is 0 Å². The van der Waals surface area contributed by atoms with Crippen molar-refractivity contribution in [2.24, 2.45) is 0 Å². The van der Waals surface area contributed by atoms with Gasteiger partial charge in [0, 0.05) is 5.56 Å². The van der Waals surface area contributed by atoms with E-state index in [1.807, 2.05) is 11.6 Å². The van der Waals surface area contributed by atoms with Crippen molar-refractivity contribution in [1.29, 1.82) is 0 Å². The van der Waals surface area contributed by atoms with E-state index in [0.717, 1.165) is 18.4 Å². The molecular formula is C18H32Cl2N2. The summed E-state index contributed by atoms with van der Waals surface area (Å²) in [6, 6.07) is 0. The van der Waals surface area contributed by atoms with Crippen LogP contribution < -0.4 is 0 Å². The molecule has 0 saturated carbocycles. The van der Waals surface area contributed by atoms with Gasteiger partial charge in [-0.3, -0.25) is 0 Å². The Labute approximate surface area is 146 Å². The van der Waals surface area contributed by atoms with Crippen molar-refractivity contribution < 1.29 is 0 Å². The summed E-state index contributed by atoms with van der Waals surface area (Å²) < 4.78 is 1.99. The van der Waals surface area contributed by atoms with Crippen molar-refractivity contribution in [1.82, 2.24) is 9.78 Å². The molecule has 128 valence electrons. The topological polar surface area (TPSA) is 17.8 Å². The van der Waals surface area contributed by atoms with Crippen molar-refractivity contribution in [2.75, 3.05) is 0 Å². The molecule has 1 rings (SSSR count). The van der Waals surface area contributed by atoms with Crippen molar-refractivity contribution >= 4 is 23.2 Å². The second-order valence-corrected chi connectivity index (χ2v) is 7.45. The fourth-order valence-electron chi connectivity index (χ4n) is 3.01. The van der Waals surface area contributed by atoms with Crippen LogP contribution in [0.1, 0.15) is 90.5 Å². The van der Waals surface area contributed by atoms with Crippen LogP contribution in [0.5, 0.6) is 0 Å². The standard InChI is InChI=1S/C18H32Cl2N2/c1-5-7-9-10-12-14-18(4,13-11-8-6-2)22-17(20)15(3)16(19)21-22/h5-14H2,1-4H3. The predicted molar refractivity (Wildman–Crippen MR) is 98.2 cm³/mol. The average molecular weight is 347 g/mol. The fraction of sp³-hybridized carbons (Fsp3) is 0.833. The van der Waals surface area contributed by atoms with E-state index < -0.39 is 0 Å². The molecule has 4 heteroatoms. The summed E-state index contributed by atoms with van der Waals surface area (Å²) >= 11 is 12.7. The predicted octanol–water partition coefficient (Wildman–Crippen LogP) is 7.15. The van der Waals surface area contributed by atoms with Gasteiger partial charge in [-0.25, -0.2) is 4.68 Å². The van der Waals surface area contributed by atoms with E-state index in [1.165, 1.54) is 51.4 Å². The Morgan fingerprint density at radius 3 is 1.91 bits per heavy atom. The maximum Gasteiger partial charge on any atom is 0.155 e. The molecule has 1 unspecified atom stereocenters. The van der Waals surface area contributed by atoms with Gasteiger partial charge in [-0.2, -0.15) is 5.10 Å². The van der Waals surface area contributed by atoms with E-state index >= 15 is 0 Å². The lowest BCUT2D eigenvalue weighted by Crippen LogP contribution is -2.31. The second-order valence-electron chi connectivity index (χ2n) is 6.74. The van der Waals surface area contributed by atoms with E-state index in [2.05, 4.69) is 25.9 Å². The summed E-state index contributed by atoms with van der Waals surface area (Å²) in [7, 11) is 0. The molecule has 0 bridgehead atoms. The average Bonchev–Trinajstić information content (AvgIpc) is 2.75. The minimum atomic E-state index is -0.0175. The van der Waals surface area contributed by atoms with E-state index in [1.54, 1.807) is 0 Å².